The zero-order chi connectivity index (χ0) is 9.84. The molecule has 0 unspecified atom stereocenters. The molecule has 1 aromatic rings. The van der Waals surface area contributed by atoms with Crippen LogP contribution in [0.4, 0.5) is 8.78 Å². The molecule has 0 saturated heterocycles. The second-order valence-electron chi connectivity index (χ2n) is 2.36. The van der Waals surface area contributed by atoms with Crippen molar-refractivity contribution in [2.24, 2.45) is 0 Å². The molecule has 1 aromatic heterocycles. The van der Waals surface area contributed by atoms with Crippen LogP contribution in [0, 0.1) is 0 Å². The number of rotatable bonds is 3. The third-order valence-electron chi connectivity index (χ3n) is 1.56. The van der Waals surface area contributed by atoms with E-state index in [0.717, 1.165) is 0 Å². The molecule has 13 heavy (non-hydrogen) atoms. The highest BCUT2D eigenvalue weighted by molar-refractivity contribution is 6.17. The maximum Gasteiger partial charge on any atom is 0.280 e. The fourth-order valence-corrected chi connectivity index (χ4v) is 1.12. The molecular formula is C8H8ClF2NO. The smallest absolute Gasteiger partial charge is 0.280 e. The number of alkyl halides is 3. The zero-order valence-electron chi connectivity index (χ0n) is 6.93. The third kappa shape index (κ3) is 2.28. The summed E-state index contributed by atoms with van der Waals surface area (Å²) in [5.74, 6) is 0.560. The molecule has 0 atom stereocenters. The third-order valence-corrected chi connectivity index (χ3v) is 1.84. The van der Waals surface area contributed by atoms with E-state index in [-0.39, 0.29) is 11.6 Å². The van der Waals surface area contributed by atoms with Gasteiger partial charge in [0, 0.05) is 5.56 Å². The number of halogens is 3. The highest BCUT2D eigenvalue weighted by atomic mass is 35.5. The van der Waals surface area contributed by atoms with Crippen LogP contribution in [-0.2, 0) is 5.88 Å². The first-order chi connectivity index (χ1) is 6.19. The lowest BCUT2D eigenvalue weighted by molar-refractivity contribution is 0.146. The number of hydrogen-bond acceptors (Lipinski definition) is 2. The Morgan fingerprint density at radius 3 is 2.77 bits per heavy atom. The van der Waals surface area contributed by atoms with Crippen LogP contribution in [-0.4, -0.2) is 12.1 Å². The summed E-state index contributed by atoms with van der Waals surface area (Å²) in [5, 5.41) is 0. The summed E-state index contributed by atoms with van der Waals surface area (Å²) < 4.78 is 29.2. The minimum Gasteiger partial charge on any atom is -0.495 e. The molecule has 0 N–H and O–H groups in total. The van der Waals surface area contributed by atoms with Crippen molar-refractivity contribution in [2.45, 2.75) is 12.3 Å². The quantitative estimate of drug-likeness (QED) is 0.711. The highest BCUT2D eigenvalue weighted by Crippen LogP contribution is 2.24. The van der Waals surface area contributed by atoms with Crippen molar-refractivity contribution in [3.05, 3.63) is 23.5 Å². The summed E-state index contributed by atoms with van der Waals surface area (Å²) >= 11 is 5.53. The van der Waals surface area contributed by atoms with E-state index in [0.29, 0.717) is 11.3 Å². The first kappa shape index (κ1) is 10.2. The Balaban J connectivity index is 3.05. The number of pyridine rings is 1. The monoisotopic (exact) mass is 207 g/mol. The van der Waals surface area contributed by atoms with Gasteiger partial charge in [-0.25, -0.2) is 8.78 Å². The van der Waals surface area contributed by atoms with Crippen LogP contribution in [0.3, 0.4) is 0 Å². The minimum absolute atomic E-state index is 0.130. The van der Waals surface area contributed by atoms with E-state index in [1.54, 1.807) is 0 Å². The minimum atomic E-state index is -2.58. The SMILES string of the molecule is COc1cnc(C(F)F)cc1CCl. The molecule has 2 nitrogen and oxygen atoms in total. The largest absolute Gasteiger partial charge is 0.495 e. The predicted octanol–water partition coefficient (Wildman–Crippen LogP) is 2.77. The van der Waals surface area contributed by atoms with Crippen molar-refractivity contribution in [3.63, 3.8) is 0 Å². The van der Waals surface area contributed by atoms with Gasteiger partial charge < -0.3 is 4.74 Å². The van der Waals surface area contributed by atoms with Gasteiger partial charge >= 0.3 is 0 Å². The van der Waals surface area contributed by atoms with Crippen LogP contribution in [0.1, 0.15) is 17.7 Å². The highest BCUT2D eigenvalue weighted by Gasteiger charge is 2.11. The topological polar surface area (TPSA) is 22.1 Å². The Labute approximate surface area is 79.5 Å². The van der Waals surface area contributed by atoms with Crippen LogP contribution in [0.25, 0.3) is 0 Å². The average molecular weight is 208 g/mol. The lowest BCUT2D eigenvalue weighted by Crippen LogP contribution is -1.96. The lowest BCUT2D eigenvalue weighted by Gasteiger charge is -2.06. The molecule has 0 aromatic carbocycles. The van der Waals surface area contributed by atoms with Crippen LogP contribution in [0.15, 0.2) is 12.3 Å². The first-order valence-electron chi connectivity index (χ1n) is 3.56. The number of methoxy groups -OCH3 is 1. The summed E-state index contributed by atoms with van der Waals surface area (Å²) in [4.78, 5) is 3.52. The summed E-state index contributed by atoms with van der Waals surface area (Å²) in [7, 11) is 1.44. The van der Waals surface area contributed by atoms with Gasteiger partial charge in [0.25, 0.3) is 6.43 Å². The molecule has 0 bridgehead atoms. The zero-order valence-corrected chi connectivity index (χ0v) is 7.68. The normalized spacial score (nSPS) is 10.5. The standard InChI is InChI=1S/C8H8ClF2NO/c1-13-7-4-12-6(8(10)11)2-5(7)3-9/h2,4,8H,3H2,1H3. The van der Waals surface area contributed by atoms with Gasteiger partial charge in [-0.3, -0.25) is 4.98 Å². The van der Waals surface area contributed by atoms with Crippen LogP contribution in [0.5, 0.6) is 5.75 Å². The Morgan fingerprint density at radius 1 is 1.62 bits per heavy atom. The molecule has 72 valence electrons. The number of ether oxygens (including phenoxy) is 1. The van der Waals surface area contributed by atoms with Crippen molar-refractivity contribution in [1.82, 2.24) is 4.98 Å². The molecule has 1 rings (SSSR count). The fourth-order valence-electron chi connectivity index (χ4n) is 0.911. The molecule has 0 fully saturated rings. The van der Waals surface area contributed by atoms with Gasteiger partial charge in [0.05, 0.1) is 19.2 Å². The Bertz CT molecular complexity index is 293. The van der Waals surface area contributed by atoms with Crippen molar-refractivity contribution in [3.8, 4) is 5.75 Å². The maximum absolute atomic E-state index is 12.2. The summed E-state index contributed by atoms with van der Waals surface area (Å²) in [6.45, 7) is 0. The molecule has 0 aliphatic rings. The van der Waals surface area contributed by atoms with Gasteiger partial charge in [0.1, 0.15) is 11.4 Å². The Kier molecular flexibility index (Phi) is 3.42. The van der Waals surface area contributed by atoms with Crippen molar-refractivity contribution in [1.29, 1.82) is 0 Å². The number of nitrogens with zero attached hydrogens (tertiary/aromatic N) is 1. The van der Waals surface area contributed by atoms with Crippen molar-refractivity contribution < 1.29 is 13.5 Å². The maximum atomic E-state index is 12.2. The van der Waals surface area contributed by atoms with E-state index in [1.165, 1.54) is 19.4 Å². The molecule has 0 amide bonds. The predicted molar refractivity (Wildman–Crippen MR) is 45.3 cm³/mol. The summed E-state index contributed by atoms with van der Waals surface area (Å²) in [6.07, 6.45) is -1.33. The van der Waals surface area contributed by atoms with Crippen molar-refractivity contribution >= 4 is 11.6 Å². The van der Waals surface area contributed by atoms with Gasteiger partial charge in [-0.15, -0.1) is 11.6 Å². The van der Waals surface area contributed by atoms with Gasteiger partial charge in [-0.1, -0.05) is 0 Å². The summed E-state index contributed by atoms with van der Waals surface area (Å²) in [6, 6.07) is 1.25. The van der Waals surface area contributed by atoms with Gasteiger partial charge in [0.15, 0.2) is 0 Å². The molecule has 1 heterocycles. The van der Waals surface area contributed by atoms with Crippen LogP contribution < -0.4 is 4.74 Å². The van der Waals surface area contributed by atoms with Gasteiger partial charge in [-0.2, -0.15) is 0 Å². The molecular weight excluding hydrogens is 200 g/mol. The van der Waals surface area contributed by atoms with E-state index in [9.17, 15) is 8.78 Å². The number of aromatic nitrogens is 1. The van der Waals surface area contributed by atoms with Gasteiger partial charge in [0.2, 0.25) is 0 Å². The molecule has 0 aliphatic heterocycles. The Morgan fingerprint density at radius 2 is 2.31 bits per heavy atom. The second-order valence-corrected chi connectivity index (χ2v) is 2.62. The van der Waals surface area contributed by atoms with E-state index in [4.69, 9.17) is 16.3 Å². The molecule has 0 radical (unpaired) electrons. The van der Waals surface area contributed by atoms with E-state index >= 15 is 0 Å². The molecule has 0 saturated carbocycles. The van der Waals surface area contributed by atoms with E-state index in [2.05, 4.69) is 4.98 Å². The van der Waals surface area contributed by atoms with E-state index in [1.807, 2.05) is 0 Å². The second kappa shape index (κ2) is 4.37. The molecule has 0 aliphatic carbocycles. The fraction of sp³-hybridized carbons (Fsp3) is 0.375. The first-order valence-corrected chi connectivity index (χ1v) is 4.09. The van der Waals surface area contributed by atoms with Crippen LogP contribution in [0.2, 0.25) is 0 Å². The van der Waals surface area contributed by atoms with Crippen molar-refractivity contribution in [2.75, 3.05) is 7.11 Å². The molecule has 0 spiro atoms. The Hall–Kier alpha value is -0.900. The number of hydrogen-bond donors (Lipinski definition) is 0. The average Bonchev–Trinajstić information content (AvgIpc) is 2.16. The lowest BCUT2D eigenvalue weighted by atomic mass is 10.2. The van der Waals surface area contributed by atoms with E-state index < -0.39 is 6.43 Å². The van der Waals surface area contributed by atoms with Crippen LogP contribution >= 0.6 is 11.6 Å². The van der Waals surface area contributed by atoms with Gasteiger partial charge in [-0.05, 0) is 6.07 Å². The summed E-state index contributed by atoms with van der Waals surface area (Å²) in [5.41, 5.74) is 0.242. The molecule has 5 heteroatoms.